The van der Waals surface area contributed by atoms with Crippen molar-refractivity contribution in [3.63, 3.8) is 0 Å². The van der Waals surface area contributed by atoms with Crippen molar-refractivity contribution in [1.82, 2.24) is 4.90 Å². The van der Waals surface area contributed by atoms with Crippen molar-refractivity contribution in [3.05, 3.63) is 35.4 Å². The molecule has 4 nitrogen and oxygen atoms in total. The zero-order valence-corrected chi connectivity index (χ0v) is 16.0. The van der Waals surface area contributed by atoms with Gasteiger partial charge in [-0.3, -0.25) is 4.79 Å². The van der Waals surface area contributed by atoms with Crippen LogP contribution in [0.2, 0.25) is 0 Å². The van der Waals surface area contributed by atoms with Gasteiger partial charge in [0.05, 0.1) is 12.7 Å². The molecule has 1 aliphatic rings. The number of hydrogen-bond acceptors (Lipinski definition) is 3. The fourth-order valence-electron chi connectivity index (χ4n) is 3.70. The molecular weight excluding hydrogens is 314 g/mol. The van der Waals surface area contributed by atoms with Gasteiger partial charge in [0.2, 0.25) is 5.91 Å². The Morgan fingerprint density at radius 2 is 2.08 bits per heavy atom. The Hall–Kier alpha value is -1.84. The van der Waals surface area contributed by atoms with Crippen molar-refractivity contribution < 1.29 is 14.3 Å². The summed E-state index contributed by atoms with van der Waals surface area (Å²) in [6, 6.07) is 7.74. The van der Waals surface area contributed by atoms with E-state index < -0.39 is 0 Å². The number of hydrogen-bond donors (Lipinski definition) is 0. The second-order valence-electron chi connectivity index (χ2n) is 7.44. The van der Waals surface area contributed by atoms with Crippen LogP contribution in [0.1, 0.15) is 68.8 Å². The van der Waals surface area contributed by atoms with E-state index in [0.29, 0.717) is 17.9 Å². The highest BCUT2D eigenvalue weighted by molar-refractivity contribution is 5.89. The molecule has 1 aliphatic heterocycles. The highest BCUT2D eigenvalue weighted by Crippen LogP contribution is 2.39. The number of rotatable bonds is 6. The van der Waals surface area contributed by atoms with E-state index >= 15 is 0 Å². The maximum Gasteiger partial charge on any atom is 0.337 e. The minimum Gasteiger partial charge on any atom is -0.465 e. The first kappa shape index (κ1) is 19.5. The average molecular weight is 345 g/mol. The Bertz CT molecular complexity index is 613. The second kappa shape index (κ2) is 8.50. The van der Waals surface area contributed by atoms with Gasteiger partial charge in [0, 0.05) is 19.5 Å². The van der Waals surface area contributed by atoms with Crippen LogP contribution in [0.5, 0.6) is 0 Å². The lowest BCUT2D eigenvalue weighted by Gasteiger charge is -2.45. The van der Waals surface area contributed by atoms with Crippen LogP contribution >= 0.6 is 0 Å². The molecule has 25 heavy (non-hydrogen) atoms. The molecule has 138 valence electrons. The van der Waals surface area contributed by atoms with E-state index in [9.17, 15) is 9.59 Å². The van der Waals surface area contributed by atoms with Crippen LogP contribution in [-0.2, 0) is 14.9 Å². The van der Waals surface area contributed by atoms with Crippen molar-refractivity contribution in [1.29, 1.82) is 0 Å². The summed E-state index contributed by atoms with van der Waals surface area (Å²) in [4.78, 5) is 26.3. The lowest BCUT2D eigenvalue weighted by Crippen LogP contribution is -2.49. The number of amides is 1. The summed E-state index contributed by atoms with van der Waals surface area (Å²) < 4.78 is 4.84. The third-order valence-corrected chi connectivity index (χ3v) is 5.77. The van der Waals surface area contributed by atoms with E-state index in [0.717, 1.165) is 44.3 Å². The molecule has 0 saturated carbocycles. The van der Waals surface area contributed by atoms with Crippen LogP contribution in [0, 0.1) is 5.92 Å². The first-order valence-corrected chi connectivity index (χ1v) is 9.39. The molecule has 2 unspecified atom stereocenters. The van der Waals surface area contributed by atoms with E-state index in [1.165, 1.54) is 7.11 Å². The predicted octanol–water partition coefficient (Wildman–Crippen LogP) is 4.18. The van der Waals surface area contributed by atoms with Crippen molar-refractivity contribution in [3.8, 4) is 0 Å². The number of unbranched alkanes of at least 4 members (excludes halogenated alkanes) is 2. The normalized spacial score (nSPS) is 23.4. The number of esters is 1. The van der Waals surface area contributed by atoms with Gasteiger partial charge >= 0.3 is 5.97 Å². The number of nitrogens with zero attached hydrogens (tertiary/aromatic N) is 1. The molecule has 0 spiro atoms. The van der Waals surface area contributed by atoms with Gasteiger partial charge in [0.15, 0.2) is 0 Å². The van der Waals surface area contributed by atoms with Crippen LogP contribution in [0.25, 0.3) is 0 Å². The van der Waals surface area contributed by atoms with Crippen molar-refractivity contribution in [2.45, 2.75) is 58.3 Å². The lowest BCUT2D eigenvalue weighted by atomic mass is 9.68. The minimum atomic E-state index is -0.304. The lowest BCUT2D eigenvalue weighted by molar-refractivity contribution is -0.134. The monoisotopic (exact) mass is 345 g/mol. The molecule has 0 aliphatic carbocycles. The molecule has 2 rings (SSSR count). The Labute approximate surface area is 151 Å². The Morgan fingerprint density at radius 3 is 2.72 bits per heavy atom. The minimum absolute atomic E-state index is 0.0375. The zero-order valence-electron chi connectivity index (χ0n) is 16.0. The van der Waals surface area contributed by atoms with Gasteiger partial charge in [-0.15, -0.1) is 0 Å². The number of likely N-dealkylation sites (tertiary alicyclic amines) is 1. The first-order valence-electron chi connectivity index (χ1n) is 9.39. The number of piperidine rings is 1. The van der Waals surface area contributed by atoms with Crippen LogP contribution in [0.15, 0.2) is 24.3 Å². The number of carbonyl (C=O) groups is 2. The average Bonchev–Trinajstić information content (AvgIpc) is 2.63. The standard InChI is InChI=1S/C21H31NO3/c1-5-6-7-11-19(23)22-13-12-21(3,16(2)15-22)18-10-8-9-17(14-18)20(24)25-4/h8-10,14,16H,5-7,11-13,15H2,1-4H3. The molecule has 4 heteroatoms. The maximum absolute atomic E-state index is 12.4. The Kier molecular flexibility index (Phi) is 6.63. The molecule has 1 aromatic rings. The summed E-state index contributed by atoms with van der Waals surface area (Å²) in [7, 11) is 1.40. The van der Waals surface area contributed by atoms with Gasteiger partial charge in [0.1, 0.15) is 0 Å². The summed E-state index contributed by atoms with van der Waals surface area (Å²) >= 11 is 0. The SMILES string of the molecule is CCCCCC(=O)N1CCC(C)(c2cccc(C(=O)OC)c2)C(C)C1. The molecule has 1 fully saturated rings. The molecule has 1 saturated heterocycles. The fraction of sp³-hybridized carbons (Fsp3) is 0.619. The summed E-state index contributed by atoms with van der Waals surface area (Å²) in [6.07, 6.45) is 4.82. The van der Waals surface area contributed by atoms with E-state index in [1.807, 2.05) is 17.0 Å². The highest BCUT2D eigenvalue weighted by atomic mass is 16.5. The van der Waals surface area contributed by atoms with Gasteiger partial charge in [-0.2, -0.15) is 0 Å². The summed E-state index contributed by atoms with van der Waals surface area (Å²) in [6.45, 7) is 8.17. The van der Waals surface area contributed by atoms with Crippen LogP contribution in [0.4, 0.5) is 0 Å². The third kappa shape index (κ3) is 4.42. The molecule has 2 atom stereocenters. The van der Waals surface area contributed by atoms with Crippen LogP contribution < -0.4 is 0 Å². The number of ether oxygens (including phenoxy) is 1. The topological polar surface area (TPSA) is 46.6 Å². The van der Waals surface area contributed by atoms with E-state index in [-0.39, 0.29) is 17.3 Å². The predicted molar refractivity (Wildman–Crippen MR) is 99.6 cm³/mol. The van der Waals surface area contributed by atoms with Gasteiger partial charge in [-0.1, -0.05) is 45.7 Å². The zero-order chi connectivity index (χ0) is 18.4. The molecule has 0 aromatic heterocycles. The van der Waals surface area contributed by atoms with Gasteiger partial charge in [-0.05, 0) is 41.9 Å². The Balaban J connectivity index is 2.08. The van der Waals surface area contributed by atoms with E-state index in [2.05, 4.69) is 26.8 Å². The highest BCUT2D eigenvalue weighted by Gasteiger charge is 2.39. The van der Waals surface area contributed by atoms with Crippen molar-refractivity contribution in [2.75, 3.05) is 20.2 Å². The Morgan fingerprint density at radius 1 is 1.32 bits per heavy atom. The van der Waals surface area contributed by atoms with Crippen molar-refractivity contribution >= 4 is 11.9 Å². The molecule has 1 aromatic carbocycles. The molecule has 0 bridgehead atoms. The van der Waals surface area contributed by atoms with Crippen LogP contribution in [-0.4, -0.2) is 37.0 Å². The largest absolute Gasteiger partial charge is 0.465 e. The van der Waals surface area contributed by atoms with Crippen LogP contribution in [0.3, 0.4) is 0 Å². The van der Waals surface area contributed by atoms with Crippen molar-refractivity contribution in [2.24, 2.45) is 5.92 Å². The number of carbonyl (C=O) groups excluding carboxylic acids is 2. The maximum atomic E-state index is 12.4. The summed E-state index contributed by atoms with van der Waals surface area (Å²) in [5.41, 5.74) is 1.71. The second-order valence-corrected chi connectivity index (χ2v) is 7.44. The van der Waals surface area contributed by atoms with Gasteiger partial charge in [0.25, 0.3) is 0 Å². The molecular formula is C21H31NO3. The number of benzene rings is 1. The fourth-order valence-corrected chi connectivity index (χ4v) is 3.70. The number of methoxy groups -OCH3 is 1. The smallest absolute Gasteiger partial charge is 0.337 e. The van der Waals surface area contributed by atoms with E-state index in [4.69, 9.17) is 4.74 Å². The molecule has 0 N–H and O–H groups in total. The third-order valence-electron chi connectivity index (χ3n) is 5.77. The molecule has 1 heterocycles. The quantitative estimate of drug-likeness (QED) is 0.574. The first-order chi connectivity index (χ1) is 11.9. The van der Waals surface area contributed by atoms with E-state index in [1.54, 1.807) is 6.07 Å². The summed E-state index contributed by atoms with van der Waals surface area (Å²) in [5, 5.41) is 0. The molecule has 0 radical (unpaired) electrons. The molecule has 1 amide bonds. The van der Waals surface area contributed by atoms with Gasteiger partial charge in [-0.25, -0.2) is 4.79 Å². The van der Waals surface area contributed by atoms with Gasteiger partial charge < -0.3 is 9.64 Å². The summed E-state index contributed by atoms with van der Waals surface area (Å²) in [5.74, 6) is 0.316.